The van der Waals surface area contributed by atoms with E-state index in [0.717, 1.165) is 0 Å². The SMILES string of the molecule is COc1cc(OC)c(C(=O)Cc2ccco2)cc1OC. The summed E-state index contributed by atoms with van der Waals surface area (Å²) in [6.45, 7) is 0. The molecule has 0 unspecified atom stereocenters. The molecule has 1 heterocycles. The Bertz CT molecular complexity index is 587. The zero-order chi connectivity index (χ0) is 14.5. The van der Waals surface area contributed by atoms with Gasteiger partial charge in [-0.3, -0.25) is 4.79 Å². The summed E-state index contributed by atoms with van der Waals surface area (Å²) in [4.78, 5) is 12.3. The molecule has 0 N–H and O–H groups in total. The van der Waals surface area contributed by atoms with Crippen LogP contribution in [0.5, 0.6) is 17.2 Å². The van der Waals surface area contributed by atoms with Crippen LogP contribution in [0.4, 0.5) is 0 Å². The molecule has 0 aliphatic carbocycles. The van der Waals surface area contributed by atoms with Crippen LogP contribution in [0.25, 0.3) is 0 Å². The molecule has 0 spiro atoms. The number of Topliss-reactive ketones (excluding diaryl/α,β-unsaturated/α-hetero) is 1. The van der Waals surface area contributed by atoms with Crippen LogP contribution in [0, 0.1) is 0 Å². The number of hydrogen-bond donors (Lipinski definition) is 0. The number of benzene rings is 1. The van der Waals surface area contributed by atoms with E-state index in [0.29, 0.717) is 28.6 Å². The van der Waals surface area contributed by atoms with Crippen LogP contribution in [-0.2, 0) is 6.42 Å². The van der Waals surface area contributed by atoms with E-state index in [9.17, 15) is 4.79 Å². The van der Waals surface area contributed by atoms with Crippen LogP contribution in [-0.4, -0.2) is 27.1 Å². The molecule has 2 rings (SSSR count). The van der Waals surface area contributed by atoms with Crippen molar-refractivity contribution in [3.8, 4) is 17.2 Å². The van der Waals surface area contributed by atoms with Gasteiger partial charge in [-0.25, -0.2) is 0 Å². The molecule has 0 amide bonds. The van der Waals surface area contributed by atoms with Crippen molar-refractivity contribution >= 4 is 5.78 Å². The Hall–Kier alpha value is -2.43. The Balaban J connectivity index is 2.36. The minimum Gasteiger partial charge on any atom is -0.496 e. The van der Waals surface area contributed by atoms with Gasteiger partial charge in [-0.1, -0.05) is 0 Å². The lowest BCUT2D eigenvalue weighted by atomic mass is 10.0. The standard InChI is InChI=1S/C15H16O5/c1-17-13-9-15(19-3)14(18-2)8-11(13)12(16)7-10-5-4-6-20-10/h4-6,8-9H,7H2,1-3H3. The first-order valence-electron chi connectivity index (χ1n) is 6.05. The van der Waals surface area contributed by atoms with Crippen molar-refractivity contribution in [2.45, 2.75) is 6.42 Å². The number of methoxy groups -OCH3 is 3. The van der Waals surface area contributed by atoms with E-state index < -0.39 is 0 Å². The van der Waals surface area contributed by atoms with E-state index in [1.165, 1.54) is 27.6 Å². The molecule has 0 bridgehead atoms. The molecule has 0 fully saturated rings. The molecule has 0 aliphatic heterocycles. The molecular weight excluding hydrogens is 260 g/mol. The molecule has 5 nitrogen and oxygen atoms in total. The third kappa shape index (κ3) is 2.77. The summed E-state index contributed by atoms with van der Waals surface area (Å²) in [5.74, 6) is 1.93. The molecular formula is C15H16O5. The molecule has 0 aliphatic rings. The summed E-state index contributed by atoms with van der Waals surface area (Å²) in [5, 5.41) is 0. The van der Waals surface area contributed by atoms with E-state index in [2.05, 4.69) is 0 Å². The number of ketones is 1. The van der Waals surface area contributed by atoms with E-state index in [1.54, 1.807) is 24.3 Å². The average Bonchev–Trinajstić information content (AvgIpc) is 2.98. The van der Waals surface area contributed by atoms with Crippen molar-refractivity contribution in [1.82, 2.24) is 0 Å². The van der Waals surface area contributed by atoms with Gasteiger partial charge in [0.25, 0.3) is 0 Å². The Morgan fingerprint density at radius 2 is 1.70 bits per heavy atom. The topological polar surface area (TPSA) is 57.9 Å². The van der Waals surface area contributed by atoms with Crippen molar-refractivity contribution in [2.75, 3.05) is 21.3 Å². The van der Waals surface area contributed by atoms with Gasteiger partial charge in [0.05, 0.1) is 39.6 Å². The van der Waals surface area contributed by atoms with Crippen molar-refractivity contribution in [3.05, 3.63) is 41.9 Å². The molecule has 0 atom stereocenters. The third-order valence-corrected chi connectivity index (χ3v) is 2.92. The van der Waals surface area contributed by atoms with Gasteiger partial charge in [0.1, 0.15) is 11.5 Å². The van der Waals surface area contributed by atoms with Crippen LogP contribution in [0.15, 0.2) is 34.9 Å². The molecule has 20 heavy (non-hydrogen) atoms. The summed E-state index contributed by atoms with van der Waals surface area (Å²) in [5.41, 5.74) is 0.432. The van der Waals surface area contributed by atoms with Gasteiger partial charge in [-0.15, -0.1) is 0 Å². The van der Waals surface area contributed by atoms with Gasteiger partial charge in [0.15, 0.2) is 17.3 Å². The molecule has 1 aromatic carbocycles. The summed E-state index contributed by atoms with van der Waals surface area (Å²) in [6.07, 6.45) is 1.70. The van der Waals surface area contributed by atoms with Crippen LogP contribution < -0.4 is 14.2 Å². The van der Waals surface area contributed by atoms with Gasteiger partial charge in [-0.2, -0.15) is 0 Å². The monoisotopic (exact) mass is 276 g/mol. The Kier molecular flexibility index (Phi) is 4.30. The lowest BCUT2D eigenvalue weighted by molar-refractivity contribution is 0.0983. The molecule has 5 heteroatoms. The summed E-state index contributed by atoms with van der Waals surface area (Å²) >= 11 is 0. The van der Waals surface area contributed by atoms with Crippen LogP contribution >= 0.6 is 0 Å². The van der Waals surface area contributed by atoms with Crippen molar-refractivity contribution in [2.24, 2.45) is 0 Å². The first-order chi connectivity index (χ1) is 9.69. The summed E-state index contributed by atoms with van der Waals surface area (Å²) < 4.78 is 20.8. The van der Waals surface area contributed by atoms with Crippen molar-refractivity contribution in [3.63, 3.8) is 0 Å². The Morgan fingerprint density at radius 1 is 1.05 bits per heavy atom. The maximum Gasteiger partial charge on any atom is 0.174 e. The fraction of sp³-hybridized carbons (Fsp3) is 0.267. The Morgan fingerprint density at radius 3 is 2.25 bits per heavy atom. The Labute approximate surface area is 117 Å². The first-order valence-corrected chi connectivity index (χ1v) is 6.05. The fourth-order valence-corrected chi connectivity index (χ4v) is 1.91. The van der Waals surface area contributed by atoms with E-state index in [-0.39, 0.29) is 12.2 Å². The van der Waals surface area contributed by atoms with Crippen LogP contribution in [0.1, 0.15) is 16.1 Å². The van der Waals surface area contributed by atoms with E-state index in [4.69, 9.17) is 18.6 Å². The predicted octanol–water partition coefficient (Wildman–Crippen LogP) is 2.73. The van der Waals surface area contributed by atoms with E-state index >= 15 is 0 Å². The quantitative estimate of drug-likeness (QED) is 0.759. The number of furan rings is 1. The second-order valence-electron chi connectivity index (χ2n) is 4.09. The average molecular weight is 276 g/mol. The molecule has 2 aromatic rings. The smallest absolute Gasteiger partial charge is 0.174 e. The first kappa shape index (κ1) is 14.0. The van der Waals surface area contributed by atoms with Crippen molar-refractivity contribution < 1.29 is 23.4 Å². The highest BCUT2D eigenvalue weighted by atomic mass is 16.5. The maximum atomic E-state index is 12.3. The maximum absolute atomic E-state index is 12.3. The zero-order valence-electron chi connectivity index (χ0n) is 11.6. The number of carbonyl (C=O) groups excluding carboxylic acids is 1. The van der Waals surface area contributed by atoms with Crippen molar-refractivity contribution in [1.29, 1.82) is 0 Å². The number of ether oxygens (including phenoxy) is 3. The molecule has 0 saturated carbocycles. The highest BCUT2D eigenvalue weighted by molar-refractivity contribution is 6.00. The molecule has 0 saturated heterocycles. The number of rotatable bonds is 6. The van der Waals surface area contributed by atoms with Gasteiger partial charge < -0.3 is 18.6 Å². The van der Waals surface area contributed by atoms with E-state index in [1.807, 2.05) is 0 Å². The lowest BCUT2D eigenvalue weighted by Gasteiger charge is -2.13. The molecule has 106 valence electrons. The van der Waals surface area contributed by atoms with Crippen LogP contribution in [0.2, 0.25) is 0 Å². The lowest BCUT2D eigenvalue weighted by Crippen LogP contribution is -2.06. The normalized spacial score (nSPS) is 10.2. The second kappa shape index (κ2) is 6.14. The van der Waals surface area contributed by atoms with Gasteiger partial charge in [0, 0.05) is 6.07 Å². The number of carbonyl (C=O) groups is 1. The van der Waals surface area contributed by atoms with Gasteiger partial charge in [0.2, 0.25) is 0 Å². The minimum absolute atomic E-state index is 0.113. The van der Waals surface area contributed by atoms with Crippen LogP contribution in [0.3, 0.4) is 0 Å². The highest BCUT2D eigenvalue weighted by Crippen LogP contribution is 2.35. The predicted molar refractivity (Wildman–Crippen MR) is 72.8 cm³/mol. The molecule has 1 aromatic heterocycles. The van der Waals surface area contributed by atoms with Gasteiger partial charge >= 0.3 is 0 Å². The fourth-order valence-electron chi connectivity index (χ4n) is 1.91. The second-order valence-corrected chi connectivity index (χ2v) is 4.09. The summed E-state index contributed by atoms with van der Waals surface area (Å²) in [6, 6.07) is 6.75. The molecule has 0 radical (unpaired) electrons. The minimum atomic E-state index is -0.113. The zero-order valence-corrected chi connectivity index (χ0v) is 11.6. The number of hydrogen-bond acceptors (Lipinski definition) is 5. The van der Waals surface area contributed by atoms with Gasteiger partial charge in [-0.05, 0) is 18.2 Å². The summed E-state index contributed by atoms with van der Waals surface area (Å²) in [7, 11) is 4.55. The largest absolute Gasteiger partial charge is 0.496 e. The third-order valence-electron chi connectivity index (χ3n) is 2.92. The highest BCUT2D eigenvalue weighted by Gasteiger charge is 2.18.